The number of rotatable bonds is 5. The molecule has 0 aliphatic heterocycles. The highest BCUT2D eigenvalue weighted by atomic mass is 16.5. The van der Waals surface area contributed by atoms with Gasteiger partial charge in [0.1, 0.15) is 12.2 Å². The summed E-state index contributed by atoms with van der Waals surface area (Å²) < 4.78 is 4.71. The molecule has 1 heterocycles. The van der Waals surface area contributed by atoms with Crippen LogP contribution in [0, 0.1) is 0 Å². The predicted octanol–water partition coefficient (Wildman–Crippen LogP) is 0.415. The minimum absolute atomic E-state index is 0.205. The Bertz CT molecular complexity index is 501. The molecule has 7 nitrogen and oxygen atoms in total. The second-order valence-corrected chi connectivity index (χ2v) is 3.67. The first kappa shape index (κ1) is 14.6. The summed E-state index contributed by atoms with van der Waals surface area (Å²) in [4.78, 5) is 39.0. The molecule has 0 aliphatic carbocycles. The Balaban J connectivity index is 2.88. The van der Waals surface area contributed by atoms with Crippen molar-refractivity contribution in [1.29, 1.82) is 0 Å². The predicted molar refractivity (Wildman–Crippen MR) is 64.8 cm³/mol. The number of nitrogens with zero attached hydrogens (tertiary/aromatic N) is 2. The lowest BCUT2D eigenvalue weighted by Crippen LogP contribution is -2.34. The Morgan fingerprint density at radius 2 is 2.11 bits per heavy atom. The number of esters is 1. The summed E-state index contributed by atoms with van der Waals surface area (Å²) in [6, 6.07) is 2.70. The molecular formula is C12H14N2O5. The molecule has 102 valence electrons. The minimum atomic E-state index is -1.25. The number of carbonyl (C=O) groups is 3. The summed E-state index contributed by atoms with van der Waals surface area (Å²) in [7, 11) is 1.37. The minimum Gasteiger partial charge on any atom is -0.478 e. The Hall–Kier alpha value is -2.44. The standard InChI is InChI=1S/C12H14N2O5/c1-3-19-9(15)7-14(2)11(16)10-8(12(17)18)5-4-6-13-10/h4-6H,3,7H2,1-2H3,(H,17,18). The van der Waals surface area contributed by atoms with E-state index in [1.807, 2.05) is 0 Å². The monoisotopic (exact) mass is 266 g/mol. The maximum atomic E-state index is 12.0. The Morgan fingerprint density at radius 3 is 2.68 bits per heavy atom. The van der Waals surface area contributed by atoms with E-state index in [4.69, 9.17) is 9.84 Å². The van der Waals surface area contributed by atoms with E-state index in [0.29, 0.717) is 0 Å². The highest BCUT2D eigenvalue weighted by molar-refractivity contribution is 6.03. The zero-order chi connectivity index (χ0) is 14.4. The van der Waals surface area contributed by atoms with Crippen LogP contribution in [0.15, 0.2) is 18.3 Å². The van der Waals surface area contributed by atoms with Crippen LogP contribution in [0.25, 0.3) is 0 Å². The number of ether oxygens (including phenoxy) is 1. The third-order valence-corrected chi connectivity index (χ3v) is 2.26. The maximum Gasteiger partial charge on any atom is 0.338 e. The number of hydrogen-bond acceptors (Lipinski definition) is 5. The third-order valence-electron chi connectivity index (χ3n) is 2.26. The van der Waals surface area contributed by atoms with Gasteiger partial charge in [0, 0.05) is 13.2 Å². The van der Waals surface area contributed by atoms with Gasteiger partial charge in [-0.25, -0.2) is 4.79 Å². The van der Waals surface area contributed by atoms with Gasteiger partial charge < -0.3 is 14.7 Å². The summed E-state index contributed by atoms with van der Waals surface area (Å²) in [5, 5.41) is 8.96. The van der Waals surface area contributed by atoms with E-state index in [1.54, 1.807) is 6.92 Å². The second kappa shape index (κ2) is 6.48. The van der Waals surface area contributed by atoms with Crippen LogP contribution in [0.3, 0.4) is 0 Å². The van der Waals surface area contributed by atoms with Crippen molar-refractivity contribution in [2.45, 2.75) is 6.92 Å². The maximum absolute atomic E-state index is 12.0. The van der Waals surface area contributed by atoms with Gasteiger partial charge in [-0.3, -0.25) is 14.6 Å². The summed E-state index contributed by atoms with van der Waals surface area (Å²) in [5.41, 5.74) is -0.412. The first-order valence-corrected chi connectivity index (χ1v) is 5.56. The smallest absolute Gasteiger partial charge is 0.338 e. The van der Waals surface area contributed by atoms with Crippen molar-refractivity contribution in [3.8, 4) is 0 Å². The van der Waals surface area contributed by atoms with Crippen molar-refractivity contribution < 1.29 is 24.2 Å². The fourth-order valence-electron chi connectivity index (χ4n) is 1.40. The summed E-state index contributed by atoms with van der Waals surface area (Å²) in [5.74, 6) is -2.46. The highest BCUT2D eigenvalue weighted by Crippen LogP contribution is 2.08. The molecule has 0 fully saturated rings. The van der Waals surface area contributed by atoms with Crippen LogP contribution < -0.4 is 0 Å². The molecule has 0 unspecified atom stereocenters. The van der Waals surface area contributed by atoms with E-state index in [-0.39, 0.29) is 24.4 Å². The van der Waals surface area contributed by atoms with Gasteiger partial charge in [-0.1, -0.05) is 0 Å². The largest absolute Gasteiger partial charge is 0.478 e. The Morgan fingerprint density at radius 1 is 1.42 bits per heavy atom. The van der Waals surface area contributed by atoms with Gasteiger partial charge in [-0.15, -0.1) is 0 Å². The van der Waals surface area contributed by atoms with E-state index >= 15 is 0 Å². The average Bonchev–Trinajstić information content (AvgIpc) is 2.37. The van der Waals surface area contributed by atoms with Crippen molar-refractivity contribution in [2.75, 3.05) is 20.2 Å². The number of hydrogen-bond donors (Lipinski definition) is 1. The molecule has 19 heavy (non-hydrogen) atoms. The lowest BCUT2D eigenvalue weighted by atomic mass is 10.2. The quantitative estimate of drug-likeness (QED) is 0.775. The van der Waals surface area contributed by atoms with E-state index in [0.717, 1.165) is 4.90 Å². The van der Waals surface area contributed by atoms with Gasteiger partial charge in [-0.05, 0) is 19.1 Å². The normalized spacial score (nSPS) is 9.79. The highest BCUT2D eigenvalue weighted by Gasteiger charge is 2.22. The lowest BCUT2D eigenvalue weighted by molar-refractivity contribution is -0.143. The number of amides is 1. The van der Waals surface area contributed by atoms with Crippen molar-refractivity contribution in [3.05, 3.63) is 29.6 Å². The van der Waals surface area contributed by atoms with E-state index in [9.17, 15) is 14.4 Å². The second-order valence-electron chi connectivity index (χ2n) is 3.67. The average molecular weight is 266 g/mol. The number of pyridine rings is 1. The number of aromatic nitrogens is 1. The van der Waals surface area contributed by atoms with Crippen molar-refractivity contribution >= 4 is 17.8 Å². The van der Waals surface area contributed by atoms with Gasteiger partial charge in [0.15, 0.2) is 0 Å². The Labute approximate surface area is 109 Å². The van der Waals surface area contributed by atoms with Crippen LogP contribution in [-0.4, -0.2) is 53.0 Å². The van der Waals surface area contributed by atoms with Crippen LogP contribution in [0.4, 0.5) is 0 Å². The fraction of sp³-hybridized carbons (Fsp3) is 0.333. The van der Waals surface area contributed by atoms with Crippen molar-refractivity contribution in [2.24, 2.45) is 0 Å². The number of carboxylic acid groups (broad SMARTS) is 1. The van der Waals surface area contributed by atoms with Gasteiger partial charge in [0.05, 0.1) is 12.2 Å². The molecule has 7 heteroatoms. The first-order chi connectivity index (χ1) is 8.97. The lowest BCUT2D eigenvalue weighted by Gasteiger charge is -2.16. The van der Waals surface area contributed by atoms with Crippen LogP contribution in [0.2, 0.25) is 0 Å². The van der Waals surface area contributed by atoms with Crippen LogP contribution >= 0.6 is 0 Å². The van der Waals surface area contributed by atoms with Gasteiger partial charge in [0.2, 0.25) is 0 Å². The number of aromatic carboxylic acids is 1. The summed E-state index contributed by atoms with van der Waals surface area (Å²) in [6.45, 7) is 1.61. The molecule has 0 aromatic carbocycles. The first-order valence-electron chi connectivity index (χ1n) is 5.56. The SMILES string of the molecule is CCOC(=O)CN(C)C(=O)c1ncccc1C(=O)O. The van der Waals surface area contributed by atoms with Crippen molar-refractivity contribution in [1.82, 2.24) is 9.88 Å². The molecular weight excluding hydrogens is 252 g/mol. The van der Waals surface area contributed by atoms with Crippen molar-refractivity contribution in [3.63, 3.8) is 0 Å². The van der Waals surface area contributed by atoms with Gasteiger partial charge in [0.25, 0.3) is 5.91 Å². The summed E-state index contributed by atoms with van der Waals surface area (Å²) in [6.07, 6.45) is 1.32. The topological polar surface area (TPSA) is 96.8 Å². The number of carboxylic acids is 1. The molecule has 0 bridgehead atoms. The Kier molecular flexibility index (Phi) is 4.99. The number of carbonyl (C=O) groups excluding carboxylic acids is 2. The molecule has 1 N–H and O–H groups in total. The molecule has 0 saturated carbocycles. The molecule has 0 spiro atoms. The van der Waals surface area contributed by atoms with E-state index in [2.05, 4.69) is 4.98 Å². The molecule has 1 aromatic heterocycles. The fourth-order valence-corrected chi connectivity index (χ4v) is 1.40. The van der Waals surface area contributed by atoms with Crippen LogP contribution in [0.5, 0.6) is 0 Å². The van der Waals surface area contributed by atoms with Gasteiger partial charge >= 0.3 is 11.9 Å². The van der Waals surface area contributed by atoms with Crippen LogP contribution in [-0.2, 0) is 9.53 Å². The molecule has 1 amide bonds. The molecule has 1 rings (SSSR count). The van der Waals surface area contributed by atoms with Crippen LogP contribution in [0.1, 0.15) is 27.8 Å². The zero-order valence-electron chi connectivity index (χ0n) is 10.6. The molecule has 0 saturated heterocycles. The zero-order valence-corrected chi connectivity index (χ0v) is 10.6. The third kappa shape index (κ3) is 3.77. The molecule has 0 radical (unpaired) electrons. The van der Waals surface area contributed by atoms with E-state index in [1.165, 1.54) is 25.4 Å². The number of likely N-dealkylation sites (N-methyl/N-ethyl adjacent to an activating group) is 1. The summed E-state index contributed by atoms with van der Waals surface area (Å²) >= 11 is 0. The van der Waals surface area contributed by atoms with E-state index < -0.39 is 17.8 Å². The molecule has 0 aliphatic rings. The van der Waals surface area contributed by atoms with Gasteiger partial charge in [-0.2, -0.15) is 0 Å². The molecule has 0 atom stereocenters. The molecule has 1 aromatic rings.